The Kier molecular flexibility index (Phi) is 6.06. The van der Waals surface area contributed by atoms with Gasteiger partial charge in [-0.2, -0.15) is 0 Å². The third kappa shape index (κ3) is 4.74. The van der Waals surface area contributed by atoms with Crippen LogP contribution in [0.3, 0.4) is 0 Å². The summed E-state index contributed by atoms with van der Waals surface area (Å²) in [6.07, 6.45) is 2.44. The van der Waals surface area contributed by atoms with Gasteiger partial charge in [0.05, 0.1) is 31.5 Å². The van der Waals surface area contributed by atoms with Crippen LogP contribution in [0.1, 0.15) is 17.9 Å². The van der Waals surface area contributed by atoms with Crippen LogP contribution in [0.15, 0.2) is 47.0 Å². The van der Waals surface area contributed by atoms with E-state index in [1.165, 1.54) is 0 Å². The molecular weight excluding hydrogens is 414 g/mol. The fourth-order valence-corrected chi connectivity index (χ4v) is 4.35. The van der Waals surface area contributed by atoms with E-state index in [1.54, 1.807) is 19.4 Å². The zero-order valence-electron chi connectivity index (χ0n) is 15.9. The highest BCUT2D eigenvalue weighted by Gasteiger charge is 2.17. The lowest BCUT2D eigenvalue weighted by atomic mass is 10.2. The fraction of sp³-hybridized carbons (Fsp3) is 0.286. The first-order valence-electron chi connectivity index (χ1n) is 9.14. The summed E-state index contributed by atoms with van der Waals surface area (Å²) >= 11 is 6.31. The lowest BCUT2D eigenvalue weighted by Crippen LogP contribution is -2.01. The number of hydrogen-bond acceptors (Lipinski definition) is 6. The Morgan fingerprint density at radius 3 is 2.72 bits per heavy atom. The molecule has 2 heterocycles. The van der Waals surface area contributed by atoms with Crippen LogP contribution in [0, 0.1) is 0 Å². The molecule has 1 unspecified atom stereocenters. The molecule has 0 saturated carbocycles. The van der Waals surface area contributed by atoms with Crippen molar-refractivity contribution in [2.75, 3.05) is 20.3 Å². The highest BCUT2D eigenvalue weighted by Crippen LogP contribution is 2.38. The zero-order chi connectivity index (χ0) is 20.2. The van der Waals surface area contributed by atoms with Gasteiger partial charge in [-0.15, -0.1) is 0 Å². The number of hydrogen-bond donors (Lipinski definition) is 0. The maximum atomic E-state index is 12.6. The van der Waals surface area contributed by atoms with E-state index in [9.17, 15) is 4.21 Å². The van der Waals surface area contributed by atoms with Crippen LogP contribution in [-0.4, -0.2) is 29.5 Å². The Balaban J connectivity index is 1.43. The average Bonchev–Trinajstić information content (AvgIpc) is 3.04. The quantitative estimate of drug-likeness (QED) is 0.565. The minimum Gasteiger partial charge on any atom is -0.497 e. The van der Waals surface area contributed by atoms with Gasteiger partial charge < -0.3 is 18.6 Å². The van der Waals surface area contributed by atoms with Crippen molar-refractivity contribution >= 4 is 22.4 Å². The normalized spacial score (nSPS) is 14.3. The second-order valence-corrected chi connectivity index (χ2v) is 8.39. The number of halogens is 1. The molecule has 1 aliphatic rings. The lowest BCUT2D eigenvalue weighted by Gasteiger charge is -2.11. The summed E-state index contributed by atoms with van der Waals surface area (Å²) in [7, 11) is 0.404. The summed E-state index contributed by atoms with van der Waals surface area (Å²) < 4.78 is 34.9. The molecule has 8 heteroatoms. The van der Waals surface area contributed by atoms with E-state index in [1.807, 2.05) is 30.3 Å². The summed E-state index contributed by atoms with van der Waals surface area (Å²) in [6, 6.07) is 11.1. The van der Waals surface area contributed by atoms with E-state index in [4.69, 9.17) is 30.2 Å². The molecule has 1 atom stereocenters. The zero-order valence-corrected chi connectivity index (χ0v) is 17.4. The predicted molar refractivity (Wildman–Crippen MR) is 111 cm³/mol. The van der Waals surface area contributed by atoms with Crippen LogP contribution in [0.2, 0.25) is 5.02 Å². The van der Waals surface area contributed by atoms with Crippen LogP contribution in [-0.2, 0) is 22.3 Å². The number of nitrogens with zero attached hydrogens (tertiary/aromatic N) is 1. The molecule has 29 heavy (non-hydrogen) atoms. The van der Waals surface area contributed by atoms with Gasteiger partial charge in [-0.1, -0.05) is 11.6 Å². The number of fused-ring (bicyclic) bond motifs is 1. The Labute approximate surface area is 176 Å². The van der Waals surface area contributed by atoms with Crippen molar-refractivity contribution in [2.24, 2.45) is 0 Å². The van der Waals surface area contributed by atoms with Gasteiger partial charge in [0, 0.05) is 28.5 Å². The van der Waals surface area contributed by atoms with Gasteiger partial charge in [-0.05, 0) is 42.0 Å². The first kappa shape index (κ1) is 19.8. The summed E-state index contributed by atoms with van der Waals surface area (Å²) in [4.78, 5) is 4.26. The third-order valence-electron chi connectivity index (χ3n) is 4.40. The molecule has 6 nitrogen and oxygen atoms in total. The Morgan fingerprint density at radius 1 is 1.14 bits per heavy atom. The number of ether oxygens (including phenoxy) is 3. The van der Waals surface area contributed by atoms with Crippen molar-refractivity contribution in [3.05, 3.63) is 59.1 Å². The summed E-state index contributed by atoms with van der Waals surface area (Å²) in [6.45, 7) is 1.14. The van der Waals surface area contributed by atoms with Gasteiger partial charge in [0.1, 0.15) is 11.5 Å². The predicted octanol–water partition coefficient (Wildman–Crippen LogP) is 4.61. The first-order chi connectivity index (χ1) is 14.1. The molecule has 0 radical (unpaired) electrons. The van der Waals surface area contributed by atoms with E-state index >= 15 is 0 Å². The SMILES string of the molecule is COc1ccc(-c2cnc(CS(=O)Cc3cc(Cl)c4c(c3)OCCCO4)o2)cc1. The Morgan fingerprint density at radius 2 is 1.93 bits per heavy atom. The molecular formula is C21H20ClNO5S. The summed E-state index contributed by atoms with van der Waals surface area (Å²) in [5.74, 6) is 3.49. The topological polar surface area (TPSA) is 70.8 Å². The van der Waals surface area contributed by atoms with E-state index in [-0.39, 0.29) is 5.75 Å². The maximum Gasteiger partial charge on any atom is 0.207 e. The molecule has 4 rings (SSSR count). The molecule has 0 bridgehead atoms. The second-order valence-electron chi connectivity index (χ2n) is 6.53. The smallest absolute Gasteiger partial charge is 0.207 e. The molecule has 0 fully saturated rings. The number of oxazole rings is 1. The standard InChI is InChI=1S/C21H20ClNO5S/c1-25-16-5-3-15(4-6-16)19-11-23-20(28-19)13-29(24)12-14-9-17(22)21-18(10-14)26-7-2-8-27-21/h3-6,9-11H,2,7-8,12-13H2,1H3. The van der Waals surface area contributed by atoms with E-state index in [0.717, 1.165) is 23.3 Å². The molecule has 0 amide bonds. The van der Waals surface area contributed by atoms with Gasteiger partial charge in [-0.3, -0.25) is 4.21 Å². The largest absolute Gasteiger partial charge is 0.497 e. The van der Waals surface area contributed by atoms with Gasteiger partial charge in [0.25, 0.3) is 0 Å². The fourth-order valence-electron chi connectivity index (χ4n) is 3.01. The highest BCUT2D eigenvalue weighted by molar-refractivity contribution is 7.83. The Hall–Kier alpha value is -2.51. The highest BCUT2D eigenvalue weighted by atomic mass is 35.5. The average molecular weight is 434 g/mol. The summed E-state index contributed by atoms with van der Waals surface area (Å²) in [5, 5.41) is 0.467. The minimum absolute atomic E-state index is 0.211. The minimum atomic E-state index is -1.21. The molecule has 3 aromatic rings. The van der Waals surface area contributed by atoms with Crippen molar-refractivity contribution in [2.45, 2.75) is 17.9 Å². The van der Waals surface area contributed by atoms with Gasteiger partial charge in [-0.25, -0.2) is 4.98 Å². The van der Waals surface area contributed by atoms with E-state index in [2.05, 4.69) is 4.98 Å². The second kappa shape index (κ2) is 8.88. The number of methoxy groups -OCH3 is 1. The number of rotatable bonds is 6. The maximum absolute atomic E-state index is 12.6. The number of benzene rings is 2. The van der Waals surface area contributed by atoms with E-state index in [0.29, 0.717) is 47.1 Å². The molecule has 0 aliphatic carbocycles. The van der Waals surface area contributed by atoms with E-state index < -0.39 is 10.8 Å². The molecule has 1 aromatic heterocycles. The van der Waals surface area contributed by atoms with Gasteiger partial charge in [0.15, 0.2) is 17.3 Å². The van der Waals surface area contributed by atoms with Gasteiger partial charge >= 0.3 is 0 Å². The molecule has 2 aromatic carbocycles. The third-order valence-corrected chi connectivity index (χ3v) is 5.91. The summed E-state index contributed by atoms with van der Waals surface area (Å²) in [5.41, 5.74) is 1.70. The number of aromatic nitrogens is 1. The molecule has 1 aliphatic heterocycles. The molecule has 152 valence electrons. The van der Waals surface area contributed by atoms with Crippen molar-refractivity contribution in [1.29, 1.82) is 0 Å². The molecule has 0 saturated heterocycles. The van der Waals surface area contributed by atoms with Crippen LogP contribution in [0.25, 0.3) is 11.3 Å². The van der Waals surface area contributed by atoms with Crippen LogP contribution in [0.4, 0.5) is 0 Å². The van der Waals surface area contributed by atoms with Gasteiger partial charge in [0.2, 0.25) is 5.89 Å². The van der Waals surface area contributed by atoms with Crippen LogP contribution < -0.4 is 14.2 Å². The van der Waals surface area contributed by atoms with Crippen molar-refractivity contribution < 1.29 is 22.8 Å². The van der Waals surface area contributed by atoms with Crippen molar-refractivity contribution in [3.63, 3.8) is 0 Å². The van der Waals surface area contributed by atoms with Crippen LogP contribution in [0.5, 0.6) is 17.2 Å². The monoisotopic (exact) mass is 433 g/mol. The lowest BCUT2D eigenvalue weighted by molar-refractivity contribution is 0.297. The molecule has 0 spiro atoms. The Bertz CT molecular complexity index is 1020. The van der Waals surface area contributed by atoms with Crippen molar-refractivity contribution in [1.82, 2.24) is 4.98 Å². The molecule has 0 N–H and O–H groups in total. The van der Waals surface area contributed by atoms with Crippen molar-refractivity contribution in [3.8, 4) is 28.6 Å². The van der Waals surface area contributed by atoms with Crippen LogP contribution >= 0.6 is 11.6 Å². The first-order valence-corrected chi connectivity index (χ1v) is 11.0.